The van der Waals surface area contributed by atoms with Crippen molar-refractivity contribution in [2.45, 2.75) is 48.1 Å². The zero-order valence-corrected chi connectivity index (χ0v) is 19.0. The van der Waals surface area contributed by atoms with Gasteiger partial charge in [-0.05, 0) is 37.1 Å². The summed E-state index contributed by atoms with van der Waals surface area (Å²) in [6.45, 7) is 0. The molecule has 0 spiro atoms. The van der Waals surface area contributed by atoms with Crippen molar-refractivity contribution >= 4 is 39.1 Å². The van der Waals surface area contributed by atoms with E-state index in [1.54, 1.807) is 7.05 Å². The van der Waals surface area contributed by atoms with E-state index in [1.165, 1.54) is 28.7 Å². The Morgan fingerprint density at radius 3 is 2.62 bits per heavy atom. The molecule has 0 saturated heterocycles. The van der Waals surface area contributed by atoms with Crippen LogP contribution in [-0.4, -0.2) is 47.4 Å². The van der Waals surface area contributed by atoms with Gasteiger partial charge in [0, 0.05) is 31.0 Å². The summed E-state index contributed by atoms with van der Waals surface area (Å²) in [7, 11) is -2.05. The van der Waals surface area contributed by atoms with Gasteiger partial charge in [-0.1, -0.05) is 31.0 Å². The molecule has 3 rings (SSSR count). The van der Waals surface area contributed by atoms with Gasteiger partial charge in [0.15, 0.2) is 0 Å². The molecule has 1 aromatic heterocycles. The number of thioether (sulfide) groups is 1. The van der Waals surface area contributed by atoms with Gasteiger partial charge in [0.05, 0.1) is 15.7 Å². The molecule has 1 aliphatic rings. The molecular formula is C20H23FN4O5S2. The third-order valence-electron chi connectivity index (χ3n) is 5.25. The number of hydrogen-bond acceptors (Lipinski definition) is 7. The Balaban J connectivity index is 1.58. The van der Waals surface area contributed by atoms with Crippen LogP contribution in [0.2, 0.25) is 0 Å². The number of pyridine rings is 1. The lowest BCUT2D eigenvalue weighted by molar-refractivity contribution is -0.387. The summed E-state index contributed by atoms with van der Waals surface area (Å²) in [5.74, 6) is -1.52. The van der Waals surface area contributed by atoms with Crippen LogP contribution >= 0.6 is 11.8 Å². The van der Waals surface area contributed by atoms with Crippen LogP contribution in [0.4, 0.5) is 15.8 Å². The molecule has 9 nitrogen and oxygen atoms in total. The molecule has 1 fully saturated rings. The molecule has 0 unspecified atom stereocenters. The number of amides is 1. The molecule has 1 aliphatic carbocycles. The number of nitrogens with zero attached hydrogens (tertiary/aromatic N) is 3. The van der Waals surface area contributed by atoms with Crippen molar-refractivity contribution in [3.05, 3.63) is 52.5 Å². The van der Waals surface area contributed by atoms with Crippen molar-refractivity contribution in [1.82, 2.24) is 9.29 Å². The van der Waals surface area contributed by atoms with E-state index in [1.807, 2.05) is 0 Å². The van der Waals surface area contributed by atoms with E-state index >= 15 is 0 Å². The maximum absolute atomic E-state index is 13.4. The van der Waals surface area contributed by atoms with Crippen molar-refractivity contribution in [2.24, 2.45) is 0 Å². The Morgan fingerprint density at radius 1 is 1.28 bits per heavy atom. The smallest absolute Gasteiger partial charge is 0.306 e. The number of sulfonamides is 1. The second kappa shape index (κ2) is 10.4. The summed E-state index contributed by atoms with van der Waals surface area (Å²) in [4.78, 5) is 26.3. The van der Waals surface area contributed by atoms with Crippen molar-refractivity contribution in [3.63, 3.8) is 0 Å². The first-order valence-corrected chi connectivity index (χ1v) is 12.4. The Labute approximate surface area is 189 Å². The molecule has 2 aromatic rings. The number of nitro groups is 1. The van der Waals surface area contributed by atoms with E-state index in [9.17, 15) is 27.7 Å². The quantitative estimate of drug-likeness (QED) is 0.345. The number of nitrogens with one attached hydrogen (secondary N) is 1. The number of carbonyl (C=O) groups excluding carboxylic acids is 1. The average molecular weight is 483 g/mol. The van der Waals surface area contributed by atoms with Crippen LogP contribution in [-0.2, 0) is 14.8 Å². The Morgan fingerprint density at radius 2 is 2.00 bits per heavy atom. The highest BCUT2D eigenvalue weighted by molar-refractivity contribution is 7.99. The number of carbonyl (C=O) groups is 1. The third-order valence-corrected chi connectivity index (χ3v) is 8.09. The minimum Gasteiger partial charge on any atom is -0.325 e. The van der Waals surface area contributed by atoms with E-state index in [-0.39, 0.29) is 22.4 Å². The Bertz CT molecular complexity index is 1090. The van der Waals surface area contributed by atoms with Crippen LogP contribution in [0.3, 0.4) is 0 Å². The number of benzene rings is 1. The minimum atomic E-state index is -3.65. The summed E-state index contributed by atoms with van der Waals surface area (Å²) in [5, 5.41) is 13.7. The Kier molecular flexibility index (Phi) is 7.80. The first kappa shape index (κ1) is 24.1. The molecule has 0 aliphatic heterocycles. The number of aromatic nitrogens is 1. The normalized spacial score (nSPS) is 15.0. The van der Waals surface area contributed by atoms with Gasteiger partial charge in [-0.3, -0.25) is 14.9 Å². The van der Waals surface area contributed by atoms with Crippen molar-refractivity contribution < 1.29 is 22.5 Å². The van der Waals surface area contributed by atoms with Gasteiger partial charge in [0.1, 0.15) is 4.90 Å². The zero-order chi connectivity index (χ0) is 23.3. The molecule has 1 heterocycles. The highest BCUT2D eigenvalue weighted by Crippen LogP contribution is 2.27. The lowest BCUT2D eigenvalue weighted by atomic mass is 9.96. The molecule has 0 radical (unpaired) electrons. The first-order chi connectivity index (χ1) is 15.2. The van der Waals surface area contributed by atoms with Gasteiger partial charge in [-0.25, -0.2) is 13.4 Å². The molecular weight excluding hydrogens is 459 g/mol. The number of anilines is 1. The lowest BCUT2D eigenvalue weighted by Crippen LogP contribution is -2.38. The summed E-state index contributed by atoms with van der Waals surface area (Å²) < 4.78 is 40.5. The van der Waals surface area contributed by atoms with Crippen LogP contribution in [0, 0.1) is 15.9 Å². The van der Waals surface area contributed by atoms with Gasteiger partial charge in [-0.2, -0.15) is 8.70 Å². The second-order valence-corrected chi connectivity index (χ2v) is 10.4. The van der Waals surface area contributed by atoms with Gasteiger partial charge in [0.25, 0.3) is 0 Å². The highest BCUT2D eigenvalue weighted by atomic mass is 32.2. The van der Waals surface area contributed by atoms with Crippen molar-refractivity contribution in [1.29, 1.82) is 0 Å². The summed E-state index contributed by atoms with van der Waals surface area (Å²) in [6.07, 6.45) is 6.14. The molecule has 0 bridgehead atoms. The highest BCUT2D eigenvalue weighted by Gasteiger charge is 2.29. The second-order valence-electron chi connectivity index (χ2n) is 7.41. The maximum atomic E-state index is 13.4. The summed E-state index contributed by atoms with van der Waals surface area (Å²) >= 11 is 1.08. The van der Waals surface area contributed by atoms with Gasteiger partial charge in [0.2, 0.25) is 21.7 Å². The summed E-state index contributed by atoms with van der Waals surface area (Å²) in [6, 6.07) is 6.07. The van der Waals surface area contributed by atoms with E-state index in [4.69, 9.17) is 0 Å². The van der Waals surface area contributed by atoms with E-state index in [0.29, 0.717) is 5.03 Å². The fraction of sp³-hybridized carbons (Fsp3) is 0.400. The van der Waals surface area contributed by atoms with Gasteiger partial charge in [-0.15, -0.1) is 0 Å². The third kappa shape index (κ3) is 5.81. The molecule has 1 amide bonds. The maximum Gasteiger partial charge on any atom is 0.306 e. The monoisotopic (exact) mass is 482 g/mol. The predicted molar refractivity (Wildman–Crippen MR) is 118 cm³/mol. The fourth-order valence-electron chi connectivity index (χ4n) is 3.48. The number of rotatable bonds is 8. The molecule has 1 aromatic carbocycles. The lowest BCUT2D eigenvalue weighted by Gasteiger charge is -2.30. The topological polar surface area (TPSA) is 123 Å². The van der Waals surface area contributed by atoms with Gasteiger partial charge >= 0.3 is 5.69 Å². The first-order valence-electron chi connectivity index (χ1n) is 9.99. The molecule has 1 N–H and O–H groups in total. The fourth-order valence-corrected chi connectivity index (χ4v) is 5.48. The largest absolute Gasteiger partial charge is 0.325 e. The van der Waals surface area contributed by atoms with Crippen LogP contribution in [0.1, 0.15) is 32.1 Å². The van der Waals surface area contributed by atoms with E-state index < -0.39 is 32.4 Å². The SMILES string of the molecule is CN(C1CCCCC1)S(=O)(=O)c1ccc(SCC(=O)Nc2ccc(F)c([N+](=O)[O-])c2)nc1. The number of hydrogen-bond donors (Lipinski definition) is 1. The van der Waals surface area contributed by atoms with Crippen LogP contribution in [0.25, 0.3) is 0 Å². The van der Waals surface area contributed by atoms with Crippen molar-refractivity contribution in [2.75, 3.05) is 18.1 Å². The van der Waals surface area contributed by atoms with Crippen LogP contribution in [0.5, 0.6) is 0 Å². The van der Waals surface area contributed by atoms with Gasteiger partial charge < -0.3 is 5.32 Å². The molecule has 32 heavy (non-hydrogen) atoms. The summed E-state index contributed by atoms with van der Waals surface area (Å²) in [5.41, 5.74) is -0.629. The van der Waals surface area contributed by atoms with E-state index in [0.717, 1.165) is 56.0 Å². The minimum absolute atomic E-state index is 0.00576. The van der Waals surface area contributed by atoms with Crippen LogP contribution in [0.15, 0.2) is 46.5 Å². The average Bonchev–Trinajstić information content (AvgIpc) is 2.79. The predicted octanol–water partition coefficient (Wildman–Crippen LogP) is 3.81. The van der Waals surface area contributed by atoms with Crippen molar-refractivity contribution in [3.8, 4) is 0 Å². The molecule has 12 heteroatoms. The molecule has 1 saturated carbocycles. The Hall–Kier alpha value is -2.57. The number of halogens is 1. The molecule has 0 atom stereocenters. The van der Waals surface area contributed by atoms with Crippen LogP contribution < -0.4 is 5.32 Å². The number of nitro benzene ring substituents is 1. The zero-order valence-electron chi connectivity index (χ0n) is 17.4. The van der Waals surface area contributed by atoms with E-state index in [2.05, 4.69) is 10.3 Å². The molecule has 172 valence electrons. The standard InChI is InChI=1S/C20H23FN4O5S2/c1-24(15-5-3-2-4-6-15)32(29,30)16-8-10-20(22-12-16)31-13-19(26)23-14-7-9-17(21)18(11-14)25(27)28/h7-12,15H,2-6,13H2,1H3,(H,23,26).